The van der Waals surface area contributed by atoms with Gasteiger partial charge in [-0.1, -0.05) is 11.6 Å². The van der Waals surface area contributed by atoms with Gasteiger partial charge < -0.3 is 5.11 Å². The predicted molar refractivity (Wildman–Crippen MR) is 58.3 cm³/mol. The highest BCUT2D eigenvalue weighted by molar-refractivity contribution is 14.1. The Balaban J connectivity index is 3.18. The third kappa shape index (κ3) is 3.23. The fraction of sp³-hybridized carbons (Fsp3) is 0.250. The number of nitrogens with zero attached hydrogens (tertiary/aromatic N) is 1. The van der Waals surface area contributed by atoms with Crippen LogP contribution >= 0.6 is 34.2 Å². The maximum atomic E-state index is 12.3. The molecule has 0 amide bonds. The molecule has 0 fully saturated rings. The molecule has 1 rings (SSSR count). The number of halogens is 4. The lowest BCUT2D eigenvalue weighted by atomic mass is 10.2. The summed E-state index contributed by atoms with van der Waals surface area (Å²) in [6, 6.07) is 1.06. The molecule has 0 saturated heterocycles. The lowest BCUT2D eigenvalue weighted by molar-refractivity contribution is -0.136. The SMILES string of the molecule is O=C(O)Cc1cc(C(F)F)nc(Cl)c1I. The van der Waals surface area contributed by atoms with Crippen LogP contribution in [0.3, 0.4) is 0 Å². The quantitative estimate of drug-likeness (QED) is 0.676. The van der Waals surface area contributed by atoms with Crippen LogP contribution in [0.4, 0.5) is 8.78 Å². The normalized spacial score (nSPS) is 10.7. The number of hydrogen-bond donors (Lipinski definition) is 1. The van der Waals surface area contributed by atoms with E-state index in [9.17, 15) is 13.6 Å². The minimum absolute atomic E-state index is 0.0929. The van der Waals surface area contributed by atoms with Gasteiger partial charge in [0.05, 0.1) is 9.99 Å². The van der Waals surface area contributed by atoms with Gasteiger partial charge in [-0.3, -0.25) is 4.79 Å². The Labute approximate surface area is 103 Å². The van der Waals surface area contributed by atoms with Gasteiger partial charge in [0.1, 0.15) is 10.8 Å². The first kappa shape index (κ1) is 12.6. The number of pyridine rings is 1. The molecule has 0 aromatic carbocycles. The van der Waals surface area contributed by atoms with Crippen LogP contribution in [-0.2, 0) is 11.2 Å². The van der Waals surface area contributed by atoms with Gasteiger partial charge in [-0.15, -0.1) is 0 Å². The fourth-order valence-electron chi connectivity index (χ4n) is 0.972. The Morgan fingerprint density at radius 2 is 2.27 bits per heavy atom. The molecular weight excluding hydrogens is 342 g/mol. The van der Waals surface area contributed by atoms with E-state index in [2.05, 4.69) is 4.98 Å². The molecule has 3 nitrogen and oxygen atoms in total. The van der Waals surface area contributed by atoms with Crippen LogP contribution in [-0.4, -0.2) is 16.1 Å². The number of alkyl halides is 2. The molecule has 7 heteroatoms. The van der Waals surface area contributed by atoms with Crippen molar-refractivity contribution in [3.63, 3.8) is 0 Å². The number of hydrogen-bond acceptors (Lipinski definition) is 2. The Kier molecular flexibility index (Phi) is 4.21. The standard InChI is InChI=1S/C8H5ClF2INO2/c9-7-6(12)3(2-5(14)15)1-4(13-7)8(10)11/h1,8H,2H2,(H,14,15). The fourth-order valence-corrected chi connectivity index (χ4v) is 1.66. The van der Waals surface area contributed by atoms with E-state index in [1.165, 1.54) is 0 Å². The van der Waals surface area contributed by atoms with Gasteiger partial charge in [-0.05, 0) is 34.2 Å². The van der Waals surface area contributed by atoms with Crippen molar-refractivity contribution >= 4 is 40.2 Å². The van der Waals surface area contributed by atoms with Gasteiger partial charge in [-0.25, -0.2) is 13.8 Å². The second-order valence-electron chi connectivity index (χ2n) is 2.68. The zero-order valence-corrected chi connectivity index (χ0v) is 10.1. The third-order valence-corrected chi connectivity index (χ3v) is 3.37. The van der Waals surface area contributed by atoms with Crippen LogP contribution in [0.25, 0.3) is 0 Å². The van der Waals surface area contributed by atoms with E-state index in [0.29, 0.717) is 3.57 Å². The molecule has 0 bridgehead atoms. The lowest BCUT2D eigenvalue weighted by Crippen LogP contribution is -2.05. The highest BCUT2D eigenvalue weighted by Gasteiger charge is 2.16. The van der Waals surface area contributed by atoms with Crippen molar-refractivity contribution in [2.24, 2.45) is 0 Å². The van der Waals surface area contributed by atoms with Crippen molar-refractivity contribution in [3.8, 4) is 0 Å². The van der Waals surface area contributed by atoms with Gasteiger partial charge in [-0.2, -0.15) is 0 Å². The first-order chi connectivity index (χ1) is 6.91. The Morgan fingerprint density at radius 3 is 2.73 bits per heavy atom. The van der Waals surface area contributed by atoms with Gasteiger partial charge in [0, 0.05) is 0 Å². The number of aromatic nitrogens is 1. The van der Waals surface area contributed by atoms with Gasteiger partial charge in [0.25, 0.3) is 6.43 Å². The van der Waals surface area contributed by atoms with E-state index >= 15 is 0 Å². The number of aliphatic carboxylic acids is 1. The molecule has 0 spiro atoms. The van der Waals surface area contributed by atoms with E-state index in [1.54, 1.807) is 22.6 Å². The topological polar surface area (TPSA) is 50.2 Å². The van der Waals surface area contributed by atoms with E-state index in [-0.39, 0.29) is 17.1 Å². The Bertz CT molecular complexity index is 400. The zero-order chi connectivity index (χ0) is 11.6. The van der Waals surface area contributed by atoms with Crippen LogP contribution in [0.2, 0.25) is 5.15 Å². The van der Waals surface area contributed by atoms with E-state index < -0.39 is 18.1 Å². The second-order valence-corrected chi connectivity index (χ2v) is 4.12. The number of carbonyl (C=O) groups is 1. The maximum Gasteiger partial charge on any atom is 0.307 e. The van der Waals surface area contributed by atoms with Crippen molar-refractivity contribution < 1.29 is 18.7 Å². The largest absolute Gasteiger partial charge is 0.481 e. The van der Waals surface area contributed by atoms with Gasteiger partial charge >= 0.3 is 5.97 Å². The third-order valence-electron chi connectivity index (χ3n) is 1.58. The molecule has 0 radical (unpaired) electrons. The summed E-state index contributed by atoms with van der Waals surface area (Å²) >= 11 is 7.38. The molecule has 0 aliphatic carbocycles. The molecule has 1 N–H and O–H groups in total. The second kappa shape index (κ2) is 5.02. The van der Waals surface area contributed by atoms with E-state index in [1.807, 2.05) is 0 Å². The van der Waals surface area contributed by atoms with Crippen LogP contribution < -0.4 is 0 Å². The summed E-state index contributed by atoms with van der Waals surface area (Å²) in [5.41, 5.74) is -0.255. The van der Waals surface area contributed by atoms with E-state index in [0.717, 1.165) is 6.07 Å². The minimum atomic E-state index is -2.76. The minimum Gasteiger partial charge on any atom is -0.481 e. The molecule has 15 heavy (non-hydrogen) atoms. The highest BCUT2D eigenvalue weighted by Crippen LogP contribution is 2.26. The molecule has 0 atom stereocenters. The number of rotatable bonds is 3. The van der Waals surface area contributed by atoms with Gasteiger partial charge in [0.2, 0.25) is 0 Å². The summed E-state index contributed by atoms with van der Waals surface area (Å²) in [6.45, 7) is 0. The summed E-state index contributed by atoms with van der Waals surface area (Å²) in [7, 11) is 0. The molecule has 1 heterocycles. The molecule has 0 unspecified atom stereocenters. The summed E-state index contributed by atoms with van der Waals surface area (Å²) in [5.74, 6) is -1.10. The summed E-state index contributed by atoms with van der Waals surface area (Å²) in [4.78, 5) is 13.9. The van der Waals surface area contributed by atoms with Crippen LogP contribution in [0.1, 0.15) is 17.7 Å². The van der Waals surface area contributed by atoms with Crippen LogP contribution in [0.15, 0.2) is 6.07 Å². The van der Waals surface area contributed by atoms with Crippen molar-refractivity contribution in [2.45, 2.75) is 12.8 Å². The number of carboxylic acids is 1. The first-order valence-electron chi connectivity index (χ1n) is 3.76. The van der Waals surface area contributed by atoms with Crippen molar-refractivity contribution in [3.05, 3.63) is 26.0 Å². The first-order valence-corrected chi connectivity index (χ1v) is 5.22. The van der Waals surface area contributed by atoms with Crippen molar-refractivity contribution in [1.29, 1.82) is 0 Å². The van der Waals surface area contributed by atoms with Crippen LogP contribution in [0, 0.1) is 3.57 Å². The summed E-state index contributed by atoms with van der Waals surface area (Å²) in [6.07, 6.45) is -3.10. The molecule has 0 saturated carbocycles. The monoisotopic (exact) mass is 347 g/mol. The van der Waals surface area contributed by atoms with Crippen molar-refractivity contribution in [1.82, 2.24) is 4.98 Å². The maximum absolute atomic E-state index is 12.3. The molecule has 82 valence electrons. The molecular formula is C8H5ClF2INO2. The summed E-state index contributed by atoms with van der Waals surface area (Å²) < 4.78 is 25.0. The Morgan fingerprint density at radius 1 is 1.67 bits per heavy atom. The Hall–Kier alpha value is -0.500. The lowest BCUT2D eigenvalue weighted by Gasteiger charge is -2.06. The number of carboxylic acid groups (broad SMARTS) is 1. The smallest absolute Gasteiger partial charge is 0.307 e. The van der Waals surface area contributed by atoms with Crippen LogP contribution in [0.5, 0.6) is 0 Å². The average Bonchev–Trinajstić information content (AvgIpc) is 2.11. The highest BCUT2D eigenvalue weighted by atomic mass is 127. The molecule has 1 aromatic heterocycles. The molecule has 0 aliphatic rings. The molecule has 1 aromatic rings. The van der Waals surface area contributed by atoms with Gasteiger partial charge in [0.15, 0.2) is 0 Å². The zero-order valence-electron chi connectivity index (χ0n) is 7.18. The predicted octanol–water partition coefficient (Wildman–Crippen LogP) is 2.90. The van der Waals surface area contributed by atoms with Crippen molar-refractivity contribution in [2.75, 3.05) is 0 Å². The summed E-state index contributed by atoms with van der Waals surface area (Å²) in [5, 5.41) is 8.46. The average molecular weight is 347 g/mol. The van der Waals surface area contributed by atoms with E-state index in [4.69, 9.17) is 16.7 Å². The molecule has 0 aliphatic heterocycles.